The van der Waals surface area contributed by atoms with E-state index in [-0.39, 0.29) is 6.61 Å². The average molecular weight is 296 g/mol. The van der Waals surface area contributed by atoms with Crippen LogP contribution >= 0.6 is 0 Å². The Morgan fingerprint density at radius 3 is 2.33 bits per heavy atom. The van der Waals surface area contributed by atoms with Crippen molar-refractivity contribution in [3.8, 4) is 0 Å². The minimum absolute atomic E-state index is 0.00361. The van der Waals surface area contributed by atoms with Gasteiger partial charge in [0, 0.05) is 0 Å². The highest BCUT2D eigenvalue weighted by molar-refractivity contribution is 5.84. The second-order valence-corrected chi connectivity index (χ2v) is 4.29. The maximum atomic E-state index is 11.5. The molecule has 0 aliphatic carbocycles. The number of carboxylic acid groups (broad SMARTS) is 1. The van der Waals surface area contributed by atoms with Crippen molar-refractivity contribution in [3.63, 3.8) is 0 Å². The van der Waals surface area contributed by atoms with E-state index >= 15 is 0 Å². The molecule has 1 aromatic rings. The predicted molar refractivity (Wildman–Crippen MR) is 70.1 cm³/mol. The molecule has 0 aromatic heterocycles. The van der Waals surface area contributed by atoms with Gasteiger partial charge in [-0.1, -0.05) is 30.3 Å². The third-order valence-electron chi connectivity index (χ3n) is 2.47. The van der Waals surface area contributed by atoms with Gasteiger partial charge in [-0.3, -0.25) is 4.79 Å². The summed E-state index contributed by atoms with van der Waals surface area (Å²) in [5.74, 6) is -3.41. The van der Waals surface area contributed by atoms with Gasteiger partial charge in [0.25, 0.3) is 0 Å². The van der Waals surface area contributed by atoms with Gasteiger partial charge < -0.3 is 19.7 Å². The molecule has 0 aliphatic rings. The van der Waals surface area contributed by atoms with Crippen LogP contribution in [0.3, 0.4) is 0 Å². The first kappa shape index (κ1) is 16.6. The highest BCUT2D eigenvalue weighted by Crippen LogP contribution is 2.06. The number of carbonyl (C=O) groups is 3. The largest absolute Gasteiger partial charge is 0.478 e. The summed E-state index contributed by atoms with van der Waals surface area (Å²) in [5.41, 5.74) is 0.749. The highest BCUT2D eigenvalue weighted by Gasteiger charge is 2.27. The highest BCUT2D eigenvalue weighted by atomic mass is 16.6. The van der Waals surface area contributed by atoms with Gasteiger partial charge in [-0.05, 0) is 12.5 Å². The number of aliphatic carboxylic acids is 1. The number of hydrogen-bond donors (Lipinski definition) is 2. The van der Waals surface area contributed by atoms with Crippen LogP contribution in [0.4, 0.5) is 0 Å². The number of ether oxygens (including phenoxy) is 2. The van der Waals surface area contributed by atoms with Crippen molar-refractivity contribution >= 4 is 17.9 Å². The lowest BCUT2D eigenvalue weighted by molar-refractivity contribution is -0.173. The summed E-state index contributed by atoms with van der Waals surface area (Å²) >= 11 is 0. The van der Waals surface area contributed by atoms with Crippen molar-refractivity contribution in [2.45, 2.75) is 32.2 Å². The summed E-state index contributed by atoms with van der Waals surface area (Å²) in [6.07, 6.45) is -3.77. The first-order chi connectivity index (χ1) is 9.90. The molecular weight excluding hydrogens is 280 g/mol. The molecule has 0 radical (unpaired) electrons. The molecule has 1 rings (SSSR count). The molecule has 7 nitrogen and oxygen atoms in total. The SMILES string of the molecule is C[C@H](O)C(=O)O[C@@H](CC(=O)OCc1ccccc1)C(=O)O. The van der Waals surface area contributed by atoms with Gasteiger partial charge in [0.15, 0.2) is 0 Å². The number of aliphatic hydroxyl groups excluding tert-OH is 1. The Morgan fingerprint density at radius 2 is 1.81 bits per heavy atom. The zero-order valence-electron chi connectivity index (χ0n) is 11.4. The Bertz CT molecular complexity index is 495. The Hall–Kier alpha value is -2.41. The summed E-state index contributed by atoms with van der Waals surface area (Å²) in [7, 11) is 0. The second-order valence-electron chi connectivity index (χ2n) is 4.29. The van der Waals surface area contributed by atoms with Crippen LogP contribution in [0.5, 0.6) is 0 Å². The fraction of sp³-hybridized carbons (Fsp3) is 0.357. The van der Waals surface area contributed by atoms with Crippen molar-refractivity contribution in [2.75, 3.05) is 0 Å². The smallest absolute Gasteiger partial charge is 0.345 e. The van der Waals surface area contributed by atoms with E-state index in [1.54, 1.807) is 30.3 Å². The van der Waals surface area contributed by atoms with Crippen molar-refractivity contribution in [1.82, 2.24) is 0 Å². The quantitative estimate of drug-likeness (QED) is 0.705. The van der Waals surface area contributed by atoms with E-state index in [0.717, 1.165) is 12.5 Å². The molecule has 0 heterocycles. The molecule has 0 spiro atoms. The third kappa shape index (κ3) is 6.05. The van der Waals surface area contributed by atoms with Gasteiger partial charge in [-0.2, -0.15) is 0 Å². The zero-order valence-corrected chi connectivity index (χ0v) is 11.4. The fourth-order valence-corrected chi connectivity index (χ4v) is 1.37. The minimum Gasteiger partial charge on any atom is -0.478 e. The first-order valence-corrected chi connectivity index (χ1v) is 6.21. The Morgan fingerprint density at radius 1 is 1.19 bits per heavy atom. The molecule has 2 atom stereocenters. The van der Waals surface area contributed by atoms with Crippen LogP contribution in [-0.4, -0.2) is 40.3 Å². The van der Waals surface area contributed by atoms with Crippen LogP contribution in [0, 0.1) is 0 Å². The summed E-state index contributed by atoms with van der Waals surface area (Å²) in [6.45, 7) is 1.13. The lowest BCUT2D eigenvalue weighted by atomic mass is 10.2. The Balaban J connectivity index is 2.49. The van der Waals surface area contributed by atoms with E-state index in [0.29, 0.717) is 0 Å². The third-order valence-corrected chi connectivity index (χ3v) is 2.47. The maximum absolute atomic E-state index is 11.5. The second kappa shape index (κ2) is 8.01. The molecule has 7 heteroatoms. The molecular formula is C14H16O7. The number of aliphatic hydroxyl groups is 1. The Labute approximate surface area is 121 Å². The number of rotatable bonds is 7. The number of esters is 2. The summed E-state index contributed by atoms with van der Waals surface area (Å²) in [5, 5.41) is 17.8. The molecule has 21 heavy (non-hydrogen) atoms. The molecule has 0 amide bonds. The molecule has 114 valence electrons. The van der Waals surface area contributed by atoms with Gasteiger partial charge in [0.05, 0.1) is 6.42 Å². The molecule has 0 unspecified atom stereocenters. The van der Waals surface area contributed by atoms with Crippen LogP contribution in [-0.2, 0) is 30.5 Å². The molecule has 0 saturated carbocycles. The van der Waals surface area contributed by atoms with Gasteiger partial charge in [0.1, 0.15) is 12.7 Å². The molecule has 1 aromatic carbocycles. The Kier molecular flexibility index (Phi) is 6.35. The molecule has 0 fully saturated rings. The average Bonchev–Trinajstić information content (AvgIpc) is 2.45. The van der Waals surface area contributed by atoms with E-state index in [1.807, 2.05) is 0 Å². The van der Waals surface area contributed by atoms with Crippen LogP contribution in [0.2, 0.25) is 0 Å². The zero-order chi connectivity index (χ0) is 15.8. The van der Waals surface area contributed by atoms with Crippen LogP contribution < -0.4 is 0 Å². The monoisotopic (exact) mass is 296 g/mol. The number of hydrogen-bond acceptors (Lipinski definition) is 6. The summed E-state index contributed by atoms with van der Waals surface area (Å²) in [6, 6.07) is 8.84. The number of carboxylic acids is 1. The van der Waals surface area contributed by atoms with Crippen LogP contribution in [0.15, 0.2) is 30.3 Å². The van der Waals surface area contributed by atoms with E-state index < -0.39 is 36.5 Å². The minimum atomic E-state index is -1.68. The van der Waals surface area contributed by atoms with Crippen LogP contribution in [0.1, 0.15) is 18.9 Å². The molecule has 0 bridgehead atoms. The molecule has 0 saturated heterocycles. The van der Waals surface area contributed by atoms with E-state index in [2.05, 4.69) is 4.74 Å². The predicted octanol–water partition coefficient (Wildman–Crippen LogP) is 0.497. The lowest BCUT2D eigenvalue weighted by Crippen LogP contribution is -2.33. The summed E-state index contributed by atoms with van der Waals surface area (Å²) < 4.78 is 9.40. The van der Waals surface area contributed by atoms with E-state index in [4.69, 9.17) is 14.9 Å². The lowest BCUT2D eigenvalue weighted by Gasteiger charge is -2.14. The van der Waals surface area contributed by atoms with E-state index in [9.17, 15) is 14.4 Å². The van der Waals surface area contributed by atoms with Crippen molar-refractivity contribution in [3.05, 3.63) is 35.9 Å². The van der Waals surface area contributed by atoms with Gasteiger partial charge >= 0.3 is 17.9 Å². The van der Waals surface area contributed by atoms with Gasteiger partial charge in [-0.15, -0.1) is 0 Å². The van der Waals surface area contributed by atoms with Crippen LogP contribution in [0.25, 0.3) is 0 Å². The van der Waals surface area contributed by atoms with Gasteiger partial charge in [0.2, 0.25) is 6.10 Å². The van der Waals surface area contributed by atoms with Crippen molar-refractivity contribution in [2.24, 2.45) is 0 Å². The maximum Gasteiger partial charge on any atom is 0.345 e. The summed E-state index contributed by atoms with van der Waals surface area (Å²) in [4.78, 5) is 33.6. The fourth-order valence-electron chi connectivity index (χ4n) is 1.37. The van der Waals surface area contributed by atoms with Crippen molar-refractivity contribution < 1.29 is 34.1 Å². The normalized spacial score (nSPS) is 13.0. The number of benzene rings is 1. The van der Waals surface area contributed by atoms with E-state index in [1.165, 1.54) is 0 Å². The van der Waals surface area contributed by atoms with Gasteiger partial charge in [-0.25, -0.2) is 9.59 Å². The standard InChI is InChI=1S/C14H16O7/c1-9(15)14(19)21-11(13(17)18)7-12(16)20-8-10-5-3-2-4-6-10/h2-6,9,11,15H,7-8H2,1H3,(H,17,18)/t9-,11-/m0/s1. The van der Waals surface area contributed by atoms with Crippen molar-refractivity contribution in [1.29, 1.82) is 0 Å². The first-order valence-electron chi connectivity index (χ1n) is 6.21. The number of carbonyl (C=O) groups excluding carboxylic acids is 2. The molecule has 0 aliphatic heterocycles. The molecule has 2 N–H and O–H groups in total. The topological polar surface area (TPSA) is 110 Å².